The first-order valence-corrected chi connectivity index (χ1v) is 9.15. The molecule has 2 heterocycles. The van der Waals surface area contributed by atoms with Crippen LogP contribution in [0.25, 0.3) is 0 Å². The van der Waals surface area contributed by atoms with Crippen molar-refractivity contribution in [2.75, 3.05) is 40.3 Å². The van der Waals surface area contributed by atoms with E-state index in [-0.39, 0.29) is 0 Å². The SMILES string of the molecule is CCN1CCCC(C(C)NCC(c2cccs2)N(C)C)C1. The van der Waals surface area contributed by atoms with Crippen LogP contribution in [-0.4, -0.2) is 56.1 Å². The van der Waals surface area contributed by atoms with Crippen LogP contribution in [0.1, 0.15) is 37.6 Å². The van der Waals surface area contributed by atoms with Gasteiger partial charge in [0.25, 0.3) is 0 Å². The highest BCUT2D eigenvalue weighted by Gasteiger charge is 2.24. The van der Waals surface area contributed by atoms with Gasteiger partial charge in [0, 0.05) is 24.0 Å². The minimum Gasteiger partial charge on any atom is -0.312 e. The van der Waals surface area contributed by atoms with Crippen LogP contribution in [0.3, 0.4) is 0 Å². The summed E-state index contributed by atoms with van der Waals surface area (Å²) in [5.74, 6) is 0.796. The van der Waals surface area contributed by atoms with E-state index in [4.69, 9.17) is 0 Å². The Hall–Kier alpha value is -0.420. The zero-order valence-electron chi connectivity index (χ0n) is 14.0. The van der Waals surface area contributed by atoms with Gasteiger partial charge >= 0.3 is 0 Å². The molecule has 0 aromatic carbocycles. The Morgan fingerprint density at radius 3 is 2.90 bits per heavy atom. The zero-order valence-corrected chi connectivity index (χ0v) is 14.8. The van der Waals surface area contributed by atoms with Crippen molar-refractivity contribution in [1.82, 2.24) is 15.1 Å². The van der Waals surface area contributed by atoms with Gasteiger partial charge < -0.3 is 15.1 Å². The van der Waals surface area contributed by atoms with Gasteiger partial charge in [-0.05, 0) is 64.3 Å². The maximum atomic E-state index is 3.81. The van der Waals surface area contributed by atoms with E-state index in [1.165, 1.54) is 37.4 Å². The molecular formula is C17H31N3S. The van der Waals surface area contributed by atoms with E-state index in [1.54, 1.807) is 0 Å². The Kier molecular flexibility index (Phi) is 6.68. The Morgan fingerprint density at radius 2 is 2.29 bits per heavy atom. The van der Waals surface area contributed by atoms with Crippen LogP contribution in [-0.2, 0) is 0 Å². The number of likely N-dealkylation sites (tertiary alicyclic amines) is 1. The van der Waals surface area contributed by atoms with Crippen molar-refractivity contribution in [3.05, 3.63) is 22.4 Å². The maximum absolute atomic E-state index is 3.81. The summed E-state index contributed by atoms with van der Waals surface area (Å²) in [7, 11) is 4.35. The molecule has 21 heavy (non-hydrogen) atoms. The molecule has 0 saturated carbocycles. The molecule has 120 valence electrons. The second-order valence-electron chi connectivity index (χ2n) is 6.49. The van der Waals surface area contributed by atoms with Crippen molar-refractivity contribution in [2.24, 2.45) is 5.92 Å². The quantitative estimate of drug-likeness (QED) is 0.835. The molecule has 1 fully saturated rings. The van der Waals surface area contributed by atoms with Crippen molar-refractivity contribution in [3.8, 4) is 0 Å². The van der Waals surface area contributed by atoms with Gasteiger partial charge in [-0.3, -0.25) is 0 Å². The van der Waals surface area contributed by atoms with Crippen molar-refractivity contribution >= 4 is 11.3 Å². The fraction of sp³-hybridized carbons (Fsp3) is 0.765. The summed E-state index contributed by atoms with van der Waals surface area (Å²) in [6.07, 6.45) is 2.73. The summed E-state index contributed by atoms with van der Waals surface area (Å²) in [4.78, 5) is 6.37. The number of nitrogens with zero attached hydrogens (tertiary/aromatic N) is 2. The fourth-order valence-electron chi connectivity index (χ4n) is 3.27. The minimum absolute atomic E-state index is 0.485. The van der Waals surface area contributed by atoms with Gasteiger partial charge in [0.2, 0.25) is 0 Å². The van der Waals surface area contributed by atoms with Crippen LogP contribution in [0.4, 0.5) is 0 Å². The molecule has 1 N–H and O–H groups in total. The Morgan fingerprint density at radius 1 is 1.48 bits per heavy atom. The lowest BCUT2D eigenvalue weighted by molar-refractivity contribution is 0.153. The zero-order chi connectivity index (χ0) is 15.2. The maximum Gasteiger partial charge on any atom is 0.0561 e. The summed E-state index contributed by atoms with van der Waals surface area (Å²) in [6.45, 7) is 9.42. The smallest absolute Gasteiger partial charge is 0.0561 e. The van der Waals surface area contributed by atoms with Crippen LogP contribution in [0.5, 0.6) is 0 Å². The standard InChI is InChI=1S/C17H31N3S/c1-5-20-10-6-8-15(13-20)14(2)18-12-16(19(3)4)17-9-7-11-21-17/h7,9,11,14-16,18H,5-6,8,10,12-13H2,1-4H3. The van der Waals surface area contributed by atoms with E-state index < -0.39 is 0 Å². The van der Waals surface area contributed by atoms with Gasteiger partial charge in [-0.25, -0.2) is 0 Å². The number of nitrogens with one attached hydrogen (secondary N) is 1. The van der Waals surface area contributed by atoms with E-state index >= 15 is 0 Å². The van der Waals surface area contributed by atoms with E-state index in [2.05, 4.69) is 60.6 Å². The van der Waals surface area contributed by atoms with Gasteiger partial charge in [0.15, 0.2) is 0 Å². The third kappa shape index (κ3) is 4.78. The van der Waals surface area contributed by atoms with Crippen molar-refractivity contribution < 1.29 is 0 Å². The highest BCUT2D eigenvalue weighted by Crippen LogP contribution is 2.24. The molecular weight excluding hydrogens is 278 g/mol. The molecule has 1 aromatic heterocycles. The number of piperidine rings is 1. The van der Waals surface area contributed by atoms with Crippen LogP contribution in [0.15, 0.2) is 17.5 Å². The lowest BCUT2D eigenvalue weighted by atomic mass is 9.91. The highest BCUT2D eigenvalue weighted by molar-refractivity contribution is 7.10. The number of likely N-dealkylation sites (N-methyl/N-ethyl adjacent to an activating group) is 1. The normalized spacial score (nSPS) is 23.4. The van der Waals surface area contributed by atoms with Gasteiger partial charge in [0.1, 0.15) is 0 Å². The predicted octanol–water partition coefficient (Wildman–Crippen LogP) is 3.06. The van der Waals surface area contributed by atoms with E-state index in [9.17, 15) is 0 Å². The molecule has 1 saturated heterocycles. The largest absolute Gasteiger partial charge is 0.312 e. The summed E-state index contributed by atoms with van der Waals surface area (Å²) >= 11 is 1.86. The Labute approximate surface area is 134 Å². The molecule has 2 rings (SSSR count). The second-order valence-corrected chi connectivity index (χ2v) is 7.47. The molecule has 4 heteroatoms. The number of hydrogen-bond acceptors (Lipinski definition) is 4. The van der Waals surface area contributed by atoms with Crippen LogP contribution >= 0.6 is 11.3 Å². The fourth-order valence-corrected chi connectivity index (χ4v) is 4.19. The lowest BCUT2D eigenvalue weighted by Gasteiger charge is -2.36. The number of thiophene rings is 1. The first-order valence-electron chi connectivity index (χ1n) is 8.27. The summed E-state index contributed by atoms with van der Waals surface area (Å²) in [5, 5.41) is 5.98. The molecule has 1 aliphatic rings. The van der Waals surface area contributed by atoms with Crippen LogP contribution < -0.4 is 5.32 Å². The van der Waals surface area contributed by atoms with Crippen molar-refractivity contribution in [2.45, 2.75) is 38.8 Å². The average molecular weight is 310 g/mol. The summed E-state index contributed by atoms with van der Waals surface area (Å²) in [5.41, 5.74) is 0. The van der Waals surface area contributed by atoms with Gasteiger partial charge in [-0.2, -0.15) is 0 Å². The monoisotopic (exact) mass is 309 g/mol. The average Bonchev–Trinajstić information content (AvgIpc) is 3.01. The molecule has 3 atom stereocenters. The molecule has 0 amide bonds. The van der Waals surface area contributed by atoms with Gasteiger partial charge in [-0.1, -0.05) is 13.0 Å². The van der Waals surface area contributed by atoms with E-state index in [0.29, 0.717) is 12.1 Å². The Balaban J connectivity index is 1.85. The predicted molar refractivity (Wildman–Crippen MR) is 93.0 cm³/mol. The van der Waals surface area contributed by atoms with Crippen molar-refractivity contribution in [3.63, 3.8) is 0 Å². The van der Waals surface area contributed by atoms with E-state index in [0.717, 1.165) is 12.5 Å². The second kappa shape index (κ2) is 8.28. The molecule has 3 nitrogen and oxygen atoms in total. The molecule has 3 unspecified atom stereocenters. The number of rotatable bonds is 7. The molecule has 1 aliphatic heterocycles. The Bertz CT molecular complexity index is 391. The van der Waals surface area contributed by atoms with Crippen molar-refractivity contribution in [1.29, 1.82) is 0 Å². The van der Waals surface area contributed by atoms with Crippen LogP contribution in [0.2, 0.25) is 0 Å². The molecule has 0 aliphatic carbocycles. The third-order valence-corrected chi connectivity index (χ3v) is 5.80. The molecule has 1 aromatic rings. The highest BCUT2D eigenvalue weighted by atomic mass is 32.1. The molecule has 0 radical (unpaired) electrons. The summed E-state index contributed by atoms with van der Waals surface area (Å²) in [6, 6.07) is 5.49. The van der Waals surface area contributed by atoms with E-state index in [1.807, 2.05) is 11.3 Å². The van der Waals surface area contributed by atoms with Gasteiger partial charge in [-0.15, -0.1) is 11.3 Å². The third-order valence-electron chi connectivity index (χ3n) is 4.82. The summed E-state index contributed by atoms with van der Waals surface area (Å²) < 4.78 is 0. The first kappa shape index (κ1) is 16.9. The lowest BCUT2D eigenvalue weighted by Crippen LogP contribution is -2.46. The van der Waals surface area contributed by atoms with Crippen LogP contribution in [0, 0.1) is 5.92 Å². The topological polar surface area (TPSA) is 18.5 Å². The molecule has 0 bridgehead atoms. The number of hydrogen-bond donors (Lipinski definition) is 1. The minimum atomic E-state index is 0.485. The first-order chi connectivity index (χ1) is 10.1. The molecule has 0 spiro atoms. The van der Waals surface area contributed by atoms with Gasteiger partial charge in [0.05, 0.1) is 6.04 Å².